The zero-order chi connectivity index (χ0) is 58.9. The van der Waals surface area contributed by atoms with E-state index in [1.807, 2.05) is 54.7 Å². The van der Waals surface area contributed by atoms with Crippen molar-refractivity contribution in [3.05, 3.63) is 297 Å². The van der Waals surface area contributed by atoms with E-state index in [-0.39, 0.29) is 5.41 Å². The number of aromatic nitrogens is 6. The maximum absolute atomic E-state index is 5.24. The van der Waals surface area contributed by atoms with E-state index in [1.54, 1.807) is 12.4 Å². The highest BCUT2D eigenvalue weighted by Gasteiger charge is 2.39. The maximum atomic E-state index is 5.24. The lowest BCUT2D eigenvalue weighted by molar-refractivity contribution is 0.667. The molecule has 13 aromatic carbocycles. The highest BCUT2D eigenvalue weighted by atomic mass is 15.1. The molecule has 0 fully saturated rings. The summed E-state index contributed by atoms with van der Waals surface area (Å²) in [6.07, 6.45) is 5.42. The van der Waals surface area contributed by atoms with Gasteiger partial charge in [-0.05, 0) is 183 Å². The Kier molecular flexibility index (Phi) is 11.2. The molecular formula is C82H53N7. The van der Waals surface area contributed by atoms with Crippen LogP contribution in [0.15, 0.2) is 286 Å². The quantitative estimate of drug-likeness (QED) is 0.141. The van der Waals surface area contributed by atoms with Gasteiger partial charge >= 0.3 is 0 Å². The normalized spacial score (nSPS) is 12.7. The van der Waals surface area contributed by atoms with Crippen LogP contribution in [0.4, 0.5) is 17.1 Å². The molecule has 0 N–H and O–H groups in total. The predicted octanol–water partition coefficient (Wildman–Crippen LogP) is 21.1. The van der Waals surface area contributed by atoms with Crippen molar-refractivity contribution >= 4 is 104 Å². The van der Waals surface area contributed by atoms with Crippen molar-refractivity contribution in [1.82, 2.24) is 29.5 Å². The summed E-state index contributed by atoms with van der Waals surface area (Å²) in [7, 11) is 0. The molecule has 1 aliphatic carbocycles. The van der Waals surface area contributed by atoms with Crippen molar-refractivity contribution in [2.75, 3.05) is 4.90 Å². The average Bonchev–Trinajstić information content (AvgIpc) is 1.61. The van der Waals surface area contributed by atoms with E-state index in [1.165, 1.54) is 86.9 Å². The molecule has 4 aromatic heterocycles. The standard InChI is InChI=1S/C82H53N7/c1-82(2)73-49-75-72(48-70(73)68-36-35-67-63-29-13-11-27-61(63)62-28-15-16-31-66(62)77(67)78(68)82)71-45-53(32-37-74(71)89(75)76-46-54(40-43-84-76)81-86-79(50-18-5-3-6-19-50)85-80(87-81)51-38-41-83-42-39-51)52-20-17-23-56(44-52)88(55-21-7-4-8-22-55)57-33-34-65-60-26-10-9-24-58(60)59-25-12-14-30-64(59)69(65)47-57/h3-49H,1-2H3. The van der Waals surface area contributed by atoms with Gasteiger partial charge < -0.3 is 4.90 Å². The number of benzene rings is 13. The van der Waals surface area contributed by atoms with Crippen molar-refractivity contribution in [2.24, 2.45) is 0 Å². The Balaban J connectivity index is 0.843. The second kappa shape index (κ2) is 19.7. The summed E-state index contributed by atoms with van der Waals surface area (Å²) in [5.74, 6) is 2.47. The Hall–Kier alpha value is -11.7. The first-order valence-corrected chi connectivity index (χ1v) is 30.4. The molecule has 0 aliphatic heterocycles. The van der Waals surface area contributed by atoms with E-state index >= 15 is 0 Å². The molecule has 0 bridgehead atoms. The van der Waals surface area contributed by atoms with Crippen LogP contribution in [0.3, 0.4) is 0 Å². The van der Waals surface area contributed by atoms with Gasteiger partial charge in [-0.15, -0.1) is 0 Å². The van der Waals surface area contributed by atoms with E-state index in [4.69, 9.17) is 19.9 Å². The number of rotatable bonds is 8. The first-order valence-electron chi connectivity index (χ1n) is 30.4. The van der Waals surface area contributed by atoms with Gasteiger partial charge in [0.05, 0.1) is 11.0 Å². The highest BCUT2D eigenvalue weighted by molar-refractivity contribution is 6.28. The topological polar surface area (TPSA) is 72.6 Å². The van der Waals surface area contributed by atoms with Gasteiger partial charge in [-0.1, -0.05) is 196 Å². The zero-order valence-electron chi connectivity index (χ0n) is 48.8. The summed E-state index contributed by atoms with van der Waals surface area (Å²) in [5, 5.41) is 17.5. The van der Waals surface area contributed by atoms with Gasteiger partial charge in [0.15, 0.2) is 17.5 Å². The largest absolute Gasteiger partial charge is 0.310 e. The van der Waals surface area contributed by atoms with Crippen LogP contribution in [-0.4, -0.2) is 29.5 Å². The Morgan fingerprint density at radius 1 is 0.315 bits per heavy atom. The SMILES string of the molecule is CC1(C)c2cc3c(cc2-c2ccc4c5ccccc5c5ccccc5c4c21)c1cc(-c2cccc(N(c4ccccc4)c4ccc5c6ccccc6c6ccccc6c5c4)c2)ccc1n3-c1cc(-c2nc(-c3ccccc3)nc(-c3ccncc3)n2)ccn1. The van der Waals surface area contributed by atoms with Crippen LogP contribution in [0.25, 0.3) is 149 Å². The van der Waals surface area contributed by atoms with E-state index < -0.39 is 0 Å². The van der Waals surface area contributed by atoms with Gasteiger partial charge in [0.25, 0.3) is 0 Å². The van der Waals surface area contributed by atoms with Crippen LogP contribution in [0, 0.1) is 0 Å². The molecule has 18 rings (SSSR count). The van der Waals surface area contributed by atoms with Crippen LogP contribution in [-0.2, 0) is 5.41 Å². The molecule has 0 saturated carbocycles. The third-order valence-electron chi connectivity index (χ3n) is 18.7. The second-order valence-electron chi connectivity index (χ2n) is 24.0. The number of pyridine rings is 2. The van der Waals surface area contributed by atoms with Crippen LogP contribution in [0.1, 0.15) is 25.0 Å². The van der Waals surface area contributed by atoms with Gasteiger partial charge in [-0.25, -0.2) is 19.9 Å². The minimum atomic E-state index is -0.371. The van der Waals surface area contributed by atoms with Crippen molar-refractivity contribution < 1.29 is 0 Å². The molecule has 0 atom stereocenters. The van der Waals surface area contributed by atoms with Crippen LogP contribution >= 0.6 is 0 Å². The number of nitrogens with zero attached hydrogens (tertiary/aromatic N) is 7. The number of hydrogen-bond acceptors (Lipinski definition) is 6. The highest BCUT2D eigenvalue weighted by Crippen LogP contribution is 2.56. The number of para-hydroxylation sites is 1. The van der Waals surface area contributed by atoms with Gasteiger partial charge in [0, 0.05) is 68.5 Å². The lowest BCUT2D eigenvalue weighted by Gasteiger charge is -2.26. The predicted molar refractivity (Wildman–Crippen MR) is 369 cm³/mol. The maximum Gasteiger partial charge on any atom is 0.164 e. The third kappa shape index (κ3) is 7.88. The molecule has 0 unspecified atom stereocenters. The van der Waals surface area contributed by atoms with Gasteiger partial charge in [-0.3, -0.25) is 9.55 Å². The molecule has 0 radical (unpaired) electrons. The molecular weight excluding hydrogens is 1080 g/mol. The van der Waals surface area contributed by atoms with Crippen LogP contribution in [0.5, 0.6) is 0 Å². The summed E-state index contributed by atoms with van der Waals surface area (Å²) in [4.78, 5) is 27.2. The lowest BCUT2D eigenvalue weighted by atomic mass is 9.78. The summed E-state index contributed by atoms with van der Waals surface area (Å²) < 4.78 is 2.35. The number of hydrogen-bond donors (Lipinski definition) is 0. The Bertz CT molecular complexity index is 5650. The summed E-state index contributed by atoms with van der Waals surface area (Å²) in [6.45, 7) is 4.83. The Labute approximate surface area is 513 Å². The summed E-state index contributed by atoms with van der Waals surface area (Å²) in [5.41, 5.74) is 14.9. The van der Waals surface area contributed by atoms with Crippen molar-refractivity contribution in [2.45, 2.75) is 19.3 Å². The summed E-state index contributed by atoms with van der Waals surface area (Å²) in [6, 6.07) is 96.9. The fourth-order valence-electron chi connectivity index (χ4n) is 14.7. The van der Waals surface area contributed by atoms with Crippen LogP contribution in [0.2, 0.25) is 0 Å². The monoisotopic (exact) mass is 1140 g/mol. The number of anilines is 3. The van der Waals surface area contributed by atoms with E-state index in [0.29, 0.717) is 17.5 Å². The van der Waals surface area contributed by atoms with Gasteiger partial charge in [-0.2, -0.15) is 0 Å². The molecule has 17 aromatic rings. The van der Waals surface area contributed by atoms with Gasteiger partial charge in [0.2, 0.25) is 0 Å². The smallest absolute Gasteiger partial charge is 0.164 e. The molecule has 0 spiro atoms. The van der Waals surface area contributed by atoms with Gasteiger partial charge in [0.1, 0.15) is 5.82 Å². The molecule has 1 aliphatic rings. The molecule has 89 heavy (non-hydrogen) atoms. The van der Waals surface area contributed by atoms with Crippen LogP contribution < -0.4 is 4.90 Å². The average molecular weight is 1140 g/mol. The fourth-order valence-corrected chi connectivity index (χ4v) is 14.7. The number of fused-ring (bicyclic) bond motifs is 19. The first-order chi connectivity index (χ1) is 43.9. The zero-order valence-corrected chi connectivity index (χ0v) is 48.8. The molecule has 7 heteroatoms. The van der Waals surface area contributed by atoms with Crippen molar-refractivity contribution in [3.8, 4) is 62.2 Å². The first kappa shape index (κ1) is 50.6. The third-order valence-corrected chi connectivity index (χ3v) is 18.7. The van der Waals surface area contributed by atoms with E-state index in [0.717, 1.165) is 72.5 Å². The Morgan fingerprint density at radius 2 is 0.809 bits per heavy atom. The lowest BCUT2D eigenvalue weighted by Crippen LogP contribution is -2.16. The fraction of sp³-hybridized carbons (Fsp3) is 0.0366. The minimum Gasteiger partial charge on any atom is -0.310 e. The van der Waals surface area contributed by atoms with E-state index in [9.17, 15) is 0 Å². The molecule has 0 amide bonds. The van der Waals surface area contributed by atoms with E-state index in [2.05, 4.69) is 247 Å². The summed E-state index contributed by atoms with van der Waals surface area (Å²) >= 11 is 0. The van der Waals surface area contributed by atoms with Crippen molar-refractivity contribution in [3.63, 3.8) is 0 Å². The second-order valence-corrected chi connectivity index (χ2v) is 24.0. The molecule has 416 valence electrons. The molecule has 7 nitrogen and oxygen atoms in total. The molecule has 0 saturated heterocycles. The Morgan fingerprint density at radius 3 is 1.48 bits per heavy atom. The minimum absolute atomic E-state index is 0.371. The van der Waals surface area contributed by atoms with Crippen molar-refractivity contribution in [1.29, 1.82) is 0 Å². The molecule has 4 heterocycles.